The summed E-state index contributed by atoms with van der Waals surface area (Å²) in [5.41, 5.74) is 0.542. The van der Waals surface area contributed by atoms with Crippen LogP contribution in [0, 0.1) is 11.8 Å². The molecule has 0 spiro atoms. The molecule has 2 heteroatoms. The van der Waals surface area contributed by atoms with Crippen molar-refractivity contribution in [2.75, 3.05) is 0 Å². The summed E-state index contributed by atoms with van der Waals surface area (Å²) in [5.74, 6) is 5.89. The molecule has 0 amide bonds. The Balaban J connectivity index is 2.27. The van der Waals surface area contributed by atoms with Crippen molar-refractivity contribution < 1.29 is 5.11 Å². The zero-order chi connectivity index (χ0) is 13.0. The van der Waals surface area contributed by atoms with E-state index in [1.807, 2.05) is 54.6 Å². The van der Waals surface area contributed by atoms with Gasteiger partial charge in [-0.3, -0.25) is 0 Å². The standard InChI is InChI=1S/C16H13BrO/c1-16(18,14-7-9-15(17)10-8-14)12-11-13-5-3-2-4-6-13/h2-10,18H,1H3/t16-/m1/s1. The maximum atomic E-state index is 10.3. The molecule has 0 aliphatic carbocycles. The second-order valence-electron chi connectivity index (χ2n) is 4.20. The van der Waals surface area contributed by atoms with Gasteiger partial charge in [0.1, 0.15) is 5.60 Å². The van der Waals surface area contributed by atoms with Crippen LogP contribution in [0.25, 0.3) is 0 Å². The molecule has 0 bridgehead atoms. The first-order chi connectivity index (χ1) is 8.58. The first-order valence-electron chi connectivity index (χ1n) is 5.64. The van der Waals surface area contributed by atoms with E-state index in [2.05, 4.69) is 27.8 Å². The third-order valence-corrected chi connectivity index (χ3v) is 3.16. The topological polar surface area (TPSA) is 20.2 Å². The van der Waals surface area contributed by atoms with E-state index in [4.69, 9.17) is 0 Å². The van der Waals surface area contributed by atoms with Gasteiger partial charge >= 0.3 is 0 Å². The molecule has 0 aliphatic rings. The van der Waals surface area contributed by atoms with E-state index in [0.29, 0.717) is 0 Å². The zero-order valence-corrected chi connectivity index (χ0v) is 11.6. The van der Waals surface area contributed by atoms with E-state index in [-0.39, 0.29) is 0 Å². The van der Waals surface area contributed by atoms with Crippen LogP contribution in [0.4, 0.5) is 0 Å². The maximum absolute atomic E-state index is 10.3. The van der Waals surface area contributed by atoms with Crippen LogP contribution in [0.1, 0.15) is 18.1 Å². The molecule has 18 heavy (non-hydrogen) atoms. The summed E-state index contributed by atoms with van der Waals surface area (Å²) >= 11 is 3.37. The minimum absolute atomic E-state index is 0.786. The van der Waals surface area contributed by atoms with Gasteiger partial charge in [0.25, 0.3) is 0 Å². The van der Waals surface area contributed by atoms with Crippen LogP contribution in [0.15, 0.2) is 59.1 Å². The van der Waals surface area contributed by atoms with E-state index in [1.165, 1.54) is 0 Å². The quantitative estimate of drug-likeness (QED) is 0.796. The lowest BCUT2D eigenvalue weighted by molar-refractivity contribution is 0.122. The monoisotopic (exact) mass is 300 g/mol. The van der Waals surface area contributed by atoms with Gasteiger partial charge in [-0.05, 0) is 36.8 Å². The molecule has 0 aromatic heterocycles. The number of rotatable bonds is 1. The predicted molar refractivity (Wildman–Crippen MR) is 77.0 cm³/mol. The fourth-order valence-corrected chi connectivity index (χ4v) is 1.83. The SMILES string of the molecule is C[C@@](O)(C#Cc1ccccc1)c1ccc(Br)cc1. The summed E-state index contributed by atoms with van der Waals surface area (Å²) < 4.78 is 0.984. The van der Waals surface area contributed by atoms with Gasteiger partial charge in [-0.15, -0.1) is 0 Å². The van der Waals surface area contributed by atoms with Gasteiger partial charge < -0.3 is 5.11 Å². The van der Waals surface area contributed by atoms with E-state index in [1.54, 1.807) is 6.92 Å². The molecular formula is C16H13BrO. The minimum Gasteiger partial charge on any atom is -0.374 e. The molecule has 1 atom stereocenters. The molecule has 0 fully saturated rings. The Hall–Kier alpha value is -1.56. The third-order valence-electron chi connectivity index (χ3n) is 2.63. The number of aliphatic hydroxyl groups is 1. The molecule has 1 nitrogen and oxygen atoms in total. The predicted octanol–water partition coefficient (Wildman–Crippen LogP) is 3.71. The first kappa shape index (κ1) is 12.9. The molecule has 2 rings (SSSR count). The average Bonchev–Trinajstić information content (AvgIpc) is 2.38. The molecule has 0 aliphatic heterocycles. The second kappa shape index (κ2) is 5.39. The number of hydrogen-bond acceptors (Lipinski definition) is 1. The van der Waals surface area contributed by atoms with Crippen LogP contribution in [0.5, 0.6) is 0 Å². The fourth-order valence-electron chi connectivity index (χ4n) is 1.56. The van der Waals surface area contributed by atoms with Crippen LogP contribution in [0.3, 0.4) is 0 Å². The highest BCUT2D eigenvalue weighted by molar-refractivity contribution is 9.10. The van der Waals surface area contributed by atoms with Crippen molar-refractivity contribution in [1.82, 2.24) is 0 Å². The highest BCUT2D eigenvalue weighted by Gasteiger charge is 2.19. The summed E-state index contributed by atoms with van der Waals surface area (Å²) in [7, 11) is 0. The lowest BCUT2D eigenvalue weighted by atomic mass is 9.96. The zero-order valence-electron chi connectivity index (χ0n) is 10.0. The Bertz CT molecular complexity index is 574. The molecule has 0 radical (unpaired) electrons. The molecule has 90 valence electrons. The summed E-state index contributed by atoms with van der Waals surface area (Å²) in [4.78, 5) is 0. The van der Waals surface area contributed by atoms with Crippen LogP contribution >= 0.6 is 15.9 Å². The van der Waals surface area contributed by atoms with E-state index in [0.717, 1.165) is 15.6 Å². The molecular weight excluding hydrogens is 288 g/mol. The Morgan fingerprint density at radius 3 is 2.22 bits per heavy atom. The van der Waals surface area contributed by atoms with Gasteiger partial charge in [-0.2, -0.15) is 0 Å². The van der Waals surface area contributed by atoms with Crippen LogP contribution < -0.4 is 0 Å². The van der Waals surface area contributed by atoms with Crippen LogP contribution in [-0.4, -0.2) is 5.11 Å². The van der Waals surface area contributed by atoms with Crippen molar-refractivity contribution in [3.05, 3.63) is 70.2 Å². The summed E-state index contributed by atoms with van der Waals surface area (Å²) in [5, 5.41) is 10.3. The van der Waals surface area contributed by atoms with Gasteiger partial charge in [0.05, 0.1) is 0 Å². The van der Waals surface area contributed by atoms with Gasteiger partial charge in [0.15, 0.2) is 0 Å². The first-order valence-corrected chi connectivity index (χ1v) is 6.44. The summed E-state index contributed by atoms with van der Waals surface area (Å²) in [6.45, 7) is 1.70. The molecule has 0 heterocycles. The molecule has 2 aromatic rings. The van der Waals surface area contributed by atoms with Gasteiger partial charge in [0, 0.05) is 10.0 Å². The van der Waals surface area contributed by atoms with Gasteiger partial charge in [0.2, 0.25) is 0 Å². The lowest BCUT2D eigenvalue weighted by Gasteiger charge is -2.16. The molecule has 0 unspecified atom stereocenters. The molecule has 1 N–H and O–H groups in total. The smallest absolute Gasteiger partial charge is 0.148 e. The van der Waals surface area contributed by atoms with Gasteiger partial charge in [-0.1, -0.05) is 58.1 Å². The van der Waals surface area contributed by atoms with Crippen LogP contribution in [0.2, 0.25) is 0 Å². The van der Waals surface area contributed by atoms with Crippen molar-refractivity contribution in [2.24, 2.45) is 0 Å². The Kier molecular flexibility index (Phi) is 3.86. The third kappa shape index (κ3) is 3.22. The number of halogens is 1. The highest BCUT2D eigenvalue weighted by Crippen LogP contribution is 2.21. The minimum atomic E-state index is -1.14. The van der Waals surface area contributed by atoms with Gasteiger partial charge in [-0.25, -0.2) is 0 Å². The second-order valence-corrected chi connectivity index (χ2v) is 5.11. The molecule has 0 saturated heterocycles. The largest absolute Gasteiger partial charge is 0.374 e. The summed E-state index contributed by atoms with van der Waals surface area (Å²) in [6.07, 6.45) is 0. The summed E-state index contributed by atoms with van der Waals surface area (Å²) in [6, 6.07) is 17.2. The van der Waals surface area contributed by atoms with Crippen molar-refractivity contribution in [3.8, 4) is 11.8 Å². The Morgan fingerprint density at radius 1 is 1.00 bits per heavy atom. The Labute approximate surface area is 116 Å². The normalized spacial score (nSPS) is 13.3. The van der Waals surface area contributed by atoms with Crippen molar-refractivity contribution in [1.29, 1.82) is 0 Å². The van der Waals surface area contributed by atoms with Crippen molar-refractivity contribution in [3.63, 3.8) is 0 Å². The Morgan fingerprint density at radius 2 is 1.61 bits per heavy atom. The number of hydrogen-bond donors (Lipinski definition) is 1. The lowest BCUT2D eigenvalue weighted by Crippen LogP contribution is -2.18. The van der Waals surface area contributed by atoms with Crippen LogP contribution in [-0.2, 0) is 5.60 Å². The van der Waals surface area contributed by atoms with E-state index >= 15 is 0 Å². The molecule has 2 aromatic carbocycles. The van der Waals surface area contributed by atoms with E-state index < -0.39 is 5.60 Å². The average molecular weight is 301 g/mol. The maximum Gasteiger partial charge on any atom is 0.148 e. The fraction of sp³-hybridized carbons (Fsp3) is 0.125. The highest BCUT2D eigenvalue weighted by atomic mass is 79.9. The van der Waals surface area contributed by atoms with E-state index in [9.17, 15) is 5.11 Å². The molecule has 0 saturated carbocycles. The van der Waals surface area contributed by atoms with Crippen molar-refractivity contribution in [2.45, 2.75) is 12.5 Å². The number of benzene rings is 2. The van der Waals surface area contributed by atoms with Crippen molar-refractivity contribution >= 4 is 15.9 Å².